The molecule has 3 atom stereocenters. The van der Waals surface area contributed by atoms with E-state index in [1.165, 1.54) is 17.5 Å². The average molecular weight is 350 g/mol. The largest absolute Gasteiger partial charge is 0.465 e. The van der Waals surface area contributed by atoms with Gasteiger partial charge in [0.1, 0.15) is 0 Å². The SMILES string of the molecule is O=C(O)N1CC(C(c2ccccc2)c2ccccc2)NC2CCCCC21. The highest BCUT2D eigenvalue weighted by atomic mass is 16.4. The molecular formula is C22H26N2O2. The van der Waals surface area contributed by atoms with E-state index in [1.54, 1.807) is 4.90 Å². The van der Waals surface area contributed by atoms with Gasteiger partial charge in [0.2, 0.25) is 0 Å². The molecule has 26 heavy (non-hydrogen) atoms. The maximum atomic E-state index is 11.9. The zero-order valence-corrected chi connectivity index (χ0v) is 14.9. The first-order valence-electron chi connectivity index (χ1n) is 9.59. The molecule has 1 saturated carbocycles. The van der Waals surface area contributed by atoms with E-state index in [-0.39, 0.29) is 24.0 Å². The van der Waals surface area contributed by atoms with Gasteiger partial charge in [-0.1, -0.05) is 73.5 Å². The highest BCUT2D eigenvalue weighted by molar-refractivity contribution is 5.66. The Morgan fingerprint density at radius 1 is 0.962 bits per heavy atom. The molecule has 136 valence electrons. The fraction of sp³-hybridized carbons (Fsp3) is 0.409. The Morgan fingerprint density at radius 3 is 2.12 bits per heavy atom. The molecule has 1 saturated heterocycles. The molecule has 2 aliphatic rings. The van der Waals surface area contributed by atoms with E-state index >= 15 is 0 Å². The second-order valence-electron chi connectivity index (χ2n) is 7.47. The molecule has 0 radical (unpaired) electrons. The zero-order valence-electron chi connectivity index (χ0n) is 14.9. The summed E-state index contributed by atoms with van der Waals surface area (Å²) in [6, 6.07) is 21.4. The van der Waals surface area contributed by atoms with Gasteiger partial charge >= 0.3 is 6.09 Å². The Kier molecular flexibility index (Phi) is 4.93. The fourth-order valence-electron chi connectivity index (χ4n) is 4.75. The first-order valence-corrected chi connectivity index (χ1v) is 9.59. The van der Waals surface area contributed by atoms with Gasteiger partial charge in [-0.25, -0.2) is 4.79 Å². The van der Waals surface area contributed by atoms with Gasteiger partial charge in [-0.3, -0.25) is 0 Å². The third-order valence-electron chi connectivity index (χ3n) is 5.92. The van der Waals surface area contributed by atoms with E-state index in [1.807, 2.05) is 12.1 Å². The quantitative estimate of drug-likeness (QED) is 0.877. The number of carboxylic acid groups (broad SMARTS) is 1. The molecule has 2 aromatic rings. The van der Waals surface area contributed by atoms with Crippen molar-refractivity contribution in [3.8, 4) is 0 Å². The Labute approximate surface area is 154 Å². The fourth-order valence-corrected chi connectivity index (χ4v) is 4.75. The van der Waals surface area contributed by atoms with Crippen molar-refractivity contribution < 1.29 is 9.90 Å². The van der Waals surface area contributed by atoms with Crippen LogP contribution < -0.4 is 5.32 Å². The molecule has 2 N–H and O–H groups in total. The molecule has 2 aromatic carbocycles. The molecule has 0 bridgehead atoms. The van der Waals surface area contributed by atoms with E-state index in [2.05, 4.69) is 53.8 Å². The molecule has 2 fully saturated rings. The summed E-state index contributed by atoms with van der Waals surface area (Å²) in [5, 5.41) is 13.6. The van der Waals surface area contributed by atoms with Crippen LogP contribution in [-0.2, 0) is 0 Å². The maximum Gasteiger partial charge on any atom is 0.407 e. The highest BCUT2D eigenvalue weighted by Gasteiger charge is 2.42. The van der Waals surface area contributed by atoms with Crippen molar-refractivity contribution in [2.45, 2.75) is 49.7 Å². The van der Waals surface area contributed by atoms with Crippen LogP contribution in [0.2, 0.25) is 0 Å². The van der Waals surface area contributed by atoms with Gasteiger partial charge in [-0.2, -0.15) is 0 Å². The van der Waals surface area contributed by atoms with E-state index in [9.17, 15) is 9.90 Å². The topological polar surface area (TPSA) is 52.6 Å². The van der Waals surface area contributed by atoms with Crippen molar-refractivity contribution in [1.82, 2.24) is 10.2 Å². The van der Waals surface area contributed by atoms with E-state index < -0.39 is 6.09 Å². The second kappa shape index (κ2) is 7.50. The van der Waals surface area contributed by atoms with Crippen LogP contribution in [-0.4, -0.2) is 40.8 Å². The minimum absolute atomic E-state index is 0.0789. The lowest BCUT2D eigenvalue weighted by molar-refractivity contribution is 0.0551. The number of nitrogens with zero attached hydrogens (tertiary/aromatic N) is 1. The number of nitrogens with one attached hydrogen (secondary N) is 1. The van der Waals surface area contributed by atoms with E-state index in [0.717, 1.165) is 19.3 Å². The number of benzene rings is 2. The van der Waals surface area contributed by atoms with Crippen LogP contribution >= 0.6 is 0 Å². The van der Waals surface area contributed by atoms with Crippen LogP contribution in [0.4, 0.5) is 4.79 Å². The lowest BCUT2D eigenvalue weighted by Crippen LogP contribution is -2.65. The maximum absolute atomic E-state index is 11.9. The molecule has 4 rings (SSSR count). The smallest absolute Gasteiger partial charge is 0.407 e. The molecular weight excluding hydrogens is 324 g/mol. The summed E-state index contributed by atoms with van der Waals surface area (Å²) in [6.07, 6.45) is 3.54. The second-order valence-corrected chi connectivity index (χ2v) is 7.47. The van der Waals surface area contributed by atoms with Crippen LogP contribution in [0.15, 0.2) is 60.7 Å². The summed E-state index contributed by atoms with van der Waals surface area (Å²) in [6.45, 7) is 0.533. The minimum Gasteiger partial charge on any atom is -0.465 e. The zero-order chi connectivity index (χ0) is 17.9. The summed E-state index contributed by atoms with van der Waals surface area (Å²) in [5.74, 6) is 0.141. The van der Waals surface area contributed by atoms with E-state index in [4.69, 9.17) is 0 Å². The number of carbonyl (C=O) groups is 1. The summed E-state index contributed by atoms with van der Waals surface area (Å²) in [7, 11) is 0. The molecule has 1 amide bonds. The summed E-state index contributed by atoms with van der Waals surface area (Å²) >= 11 is 0. The molecule has 4 nitrogen and oxygen atoms in total. The van der Waals surface area contributed by atoms with Crippen LogP contribution in [0.1, 0.15) is 42.7 Å². The number of hydrogen-bond donors (Lipinski definition) is 2. The van der Waals surface area contributed by atoms with Crippen LogP contribution in [0, 0.1) is 0 Å². The van der Waals surface area contributed by atoms with E-state index in [0.29, 0.717) is 6.54 Å². The normalized spacial score (nSPS) is 25.7. The molecule has 1 aliphatic carbocycles. The first-order chi connectivity index (χ1) is 12.7. The van der Waals surface area contributed by atoms with Crippen LogP contribution in [0.3, 0.4) is 0 Å². The molecule has 1 heterocycles. The van der Waals surface area contributed by atoms with Crippen molar-refractivity contribution in [3.05, 3.63) is 71.8 Å². The third-order valence-corrected chi connectivity index (χ3v) is 5.92. The van der Waals surface area contributed by atoms with Crippen molar-refractivity contribution in [1.29, 1.82) is 0 Å². The summed E-state index contributed by atoms with van der Waals surface area (Å²) in [5.41, 5.74) is 2.46. The van der Waals surface area contributed by atoms with Gasteiger partial charge in [0, 0.05) is 24.5 Å². The molecule has 4 heteroatoms. The number of hydrogen-bond acceptors (Lipinski definition) is 2. The molecule has 1 aliphatic heterocycles. The Balaban J connectivity index is 1.70. The van der Waals surface area contributed by atoms with Crippen LogP contribution in [0.5, 0.6) is 0 Å². The average Bonchev–Trinajstić information content (AvgIpc) is 2.69. The third kappa shape index (κ3) is 3.34. The number of piperazine rings is 1. The number of fused-ring (bicyclic) bond motifs is 1. The monoisotopic (exact) mass is 350 g/mol. The Bertz CT molecular complexity index is 695. The lowest BCUT2D eigenvalue weighted by atomic mass is 9.80. The molecule has 0 aromatic heterocycles. The van der Waals surface area contributed by atoms with Gasteiger partial charge in [-0.15, -0.1) is 0 Å². The summed E-state index contributed by atoms with van der Waals surface area (Å²) < 4.78 is 0. The van der Waals surface area contributed by atoms with Crippen molar-refractivity contribution >= 4 is 6.09 Å². The first kappa shape index (κ1) is 17.1. The highest BCUT2D eigenvalue weighted by Crippen LogP contribution is 2.34. The molecule has 3 unspecified atom stereocenters. The summed E-state index contributed by atoms with van der Waals surface area (Å²) in [4.78, 5) is 13.6. The number of amides is 1. The van der Waals surface area contributed by atoms with Gasteiger partial charge in [0.25, 0.3) is 0 Å². The van der Waals surface area contributed by atoms with Gasteiger partial charge in [0.05, 0.1) is 6.04 Å². The predicted octanol–water partition coefficient (Wildman–Crippen LogP) is 4.08. The van der Waals surface area contributed by atoms with Gasteiger partial charge in [0.15, 0.2) is 0 Å². The van der Waals surface area contributed by atoms with Crippen molar-refractivity contribution in [3.63, 3.8) is 0 Å². The lowest BCUT2D eigenvalue weighted by Gasteiger charge is -2.48. The van der Waals surface area contributed by atoms with Gasteiger partial charge in [-0.05, 0) is 24.0 Å². The van der Waals surface area contributed by atoms with Crippen molar-refractivity contribution in [2.24, 2.45) is 0 Å². The van der Waals surface area contributed by atoms with Gasteiger partial charge < -0.3 is 15.3 Å². The Morgan fingerprint density at radius 2 is 1.54 bits per heavy atom. The molecule has 0 spiro atoms. The predicted molar refractivity (Wildman–Crippen MR) is 102 cm³/mol. The van der Waals surface area contributed by atoms with Crippen molar-refractivity contribution in [2.75, 3.05) is 6.54 Å². The standard InChI is InChI=1S/C22H26N2O2/c25-22(26)24-15-19(23-18-13-7-8-14-20(18)24)21(16-9-3-1-4-10-16)17-11-5-2-6-12-17/h1-6,9-12,18-21,23H,7-8,13-15H2,(H,25,26). The Hall–Kier alpha value is -2.33. The van der Waals surface area contributed by atoms with Crippen LogP contribution in [0.25, 0.3) is 0 Å². The minimum atomic E-state index is -0.784. The number of rotatable bonds is 3.